The molecule has 0 bridgehead atoms. The van der Waals surface area contributed by atoms with Crippen molar-refractivity contribution in [2.75, 3.05) is 7.05 Å². The van der Waals surface area contributed by atoms with E-state index in [0.29, 0.717) is 0 Å². The SMILES string of the molecule is CC(=O)N[C@@H](C(=O)N(C)[C@@H](C)c1nc2ccccc2s1)C(C)C. The molecule has 0 fully saturated rings. The van der Waals surface area contributed by atoms with Crippen LogP contribution in [-0.4, -0.2) is 34.8 Å². The molecule has 1 N–H and O–H groups in total. The minimum atomic E-state index is -0.519. The molecule has 124 valence electrons. The number of hydrogen-bond donors (Lipinski definition) is 1. The highest BCUT2D eigenvalue weighted by Gasteiger charge is 2.29. The van der Waals surface area contributed by atoms with Gasteiger partial charge in [-0.3, -0.25) is 9.59 Å². The third-order valence-electron chi connectivity index (χ3n) is 3.89. The normalized spacial score (nSPS) is 13.8. The molecular formula is C17H23N3O2S. The predicted molar refractivity (Wildman–Crippen MR) is 93.2 cm³/mol. The van der Waals surface area contributed by atoms with Gasteiger partial charge in [0.1, 0.15) is 11.0 Å². The number of nitrogens with zero attached hydrogens (tertiary/aromatic N) is 2. The first-order chi connectivity index (χ1) is 10.8. The van der Waals surface area contributed by atoms with Gasteiger partial charge in [0, 0.05) is 14.0 Å². The first kappa shape index (κ1) is 17.4. The molecular weight excluding hydrogens is 310 g/mol. The molecule has 0 radical (unpaired) electrons. The van der Waals surface area contributed by atoms with Crippen LogP contribution in [0.2, 0.25) is 0 Å². The number of likely N-dealkylation sites (N-methyl/N-ethyl adjacent to an activating group) is 1. The number of aromatic nitrogens is 1. The van der Waals surface area contributed by atoms with E-state index in [0.717, 1.165) is 15.2 Å². The van der Waals surface area contributed by atoms with Gasteiger partial charge < -0.3 is 10.2 Å². The molecule has 0 unspecified atom stereocenters. The van der Waals surface area contributed by atoms with Gasteiger partial charge in [0.25, 0.3) is 0 Å². The summed E-state index contributed by atoms with van der Waals surface area (Å²) in [4.78, 5) is 30.4. The molecule has 0 saturated heterocycles. The summed E-state index contributed by atoms with van der Waals surface area (Å²) < 4.78 is 1.11. The van der Waals surface area contributed by atoms with Gasteiger partial charge in [0.2, 0.25) is 11.8 Å². The summed E-state index contributed by atoms with van der Waals surface area (Å²) in [5, 5.41) is 3.64. The van der Waals surface area contributed by atoms with Gasteiger partial charge in [-0.2, -0.15) is 0 Å². The molecule has 0 aliphatic rings. The van der Waals surface area contributed by atoms with Crippen LogP contribution < -0.4 is 5.32 Å². The van der Waals surface area contributed by atoms with Crippen LogP contribution in [0.15, 0.2) is 24.3 Å². The molecule has 5 nitrogen and oxygen atoms in total. The number of carbonyl (C=O) groups is 2. The van der Waals surface area contributed by atoms with Crippen molar-refractivity contribution in [2.45, 2.75) is 39.8 Å². The maximum Gasteiger partial charge on any atom is 0.245 e. The number of carbonyl (C=O) groups excluding carboxylic acids is 2. The summed E-state index contributed by atoms with van der Waals surface area (Å²) in [6.45, 7) is 7.24. The smallest absolute Gasteiger partial charge is 0.245 e. The largest absolute Gasteiger partial charge is 0.344 e. The van der Waals surface area contributed by atoms with Gasteiger partial charge in [0.05, 0.1) is 16.3 Å². The first-order valence-corrected chi connectivity index (χ1v) is 8.52. The molecule has 6 heteroatoms. The Morgan fingerprint density at radius 1 is 1.22 bits per heavy atom. The lowest BCUT2D eigenvalue weighted by Crippen LogP contribution is -2.50. The average molecular weight is 333 g/mol. The molecule has 0 aliphatic carbocycles. The number of para-hydroxylation sites is 1. The topological polar surface area (TPSA) is 62.3 Å². The van der Waals surface area contributed by atoms with E-state index in [1.165, 1.54) is 6.92 Å². The highest BCUT2D eigenvalue weighted by atomic mass is 32.1. The molecule has 2 amide bonds. The molecule has 1 heterocycles. The molecule has 23 heavy (non-hydrogen) atoms. The second-order valence-electron chi connectivity index (χ2n) is 6.07. The quantitative estimate of drug-likeness (QED) is 0.915. The summed E-state index contributed by atoms with van der Waals surface area (Å²) in [7, 11) is 1.76. The molecule has 0 aliphatic heterocycles. The highest BCUT2D eigenvalue weighted by molar-refractivity contribution is 7.18. The van der Waals surface area contributed by atoms with E-state index in [2.05, 4.69) is 10.3 Å². The van der Waals surface area contributed by atoms with E-state index in [-0.39, 0.29) is 23.8 Å². The minimum absolute atomic E-state index is 0.0245. The average Bonchev–Trinajstić information content (AvgIpc) is 2.94. The number of nitrogens with one attached hydrogen (secondary N) is 1. The Labute approximate surface area is 140 Å². The van der Waals surface area contributed by atoms with Crippen LogP contribution in [0.3, 0.4) is 0 Å². The lowest BCUT2D eigenvalue weighted by atomic mass is 10.0. The number of benzene rings is 1. The Morgan fingerprint density at radius 3 is 2.43 bits per heavy atom. The second kappa shape index (κ2) is 7.08. The van der Waals surface area contributed by atoms with Crippen molar-refractivity contribution in [2.24, 2.45) is 5.92 Å². The monoisotopic (exact) mass is 333 g/mol. The number of fused-ring (bicyclic) bond motifs is 1. The Morgan fingerprint density at radius 2 is 1.87 bits per heavy atom. The van der Waals surface area contributed by atoms with Gasteiger partial charge >= 0.3 is 0 Å². The summed E-state index contributed by atoms with van der Waals surface area (Å²) >= 11 is 1.59. The number of hydrogen-bond acceptors (Lipinski definition) is 4. The highest BCUT2D eigenvalue weighted by Crippen LogP contribution is 2.29. The molecule has 2 aromatic rings. The molecule has 0 saturated carbocycles. The third kappa shape index (κ3) is 3.88. The zero-order valence-electron chi connectivity index (χ0n) is 14.2. The number of rotatable bonds is 5. The van der Waals surface area contributed by atoms with E-state index in [4.69, 9.17) is 0 Å². The number of thiazole rings is 1. The lowest BCUT2D eigenvalue weighted by molar-refractivity contribution is -0.137. The molecule has 2 rings (SSSR count). The van der Waals surface area contributed by atoms with Gasteiger partial charge in [-0.1, -0.05) is 26.0 Å². The van der Waals surface area contributed by atoms with E-state index < -0.39 is 6.04 Å². The van der Waals surface area contributed by atoms with Crippen molar-refractivity contribution in [3.05, 3.63) is 29.3 Å². The maximum atomic E-state index is 12.7. The standard InChI is InChI=1S/C17H23N3O2S/c1-10(2)15(18-12(4)21)17(22)20(5)11(3)16-19-13-8-6-7-9-14(13)23-16/h6-11,15H,1-5H3,(H,18,21)/t11-,15+/m0/s1. The molecule has 2 atom stereocenters. The Hall–Kier alpha value is -1.95. The lowest BCUT2D eigenvalue weighted by Gasteiger charge is -2.30. The first-order valence-electron chi connectivity index (χ1n) is 7.70. The molecule has 1 aromatic carbocycles. The van der Waals surface area contributed by atoms with Crippen molar-refractivity contribution in [3.63, 3.8) is 0 Å². The Kier molecular flexibility index (Phi) is 5.36. The van der Waals surface area contributed by atoms with E-state index >= 15 is 0 Å². The maximum absolute atomic E-state index is 12.7. The van der Waals surface area contributed by atoms with Crippen LogP contribution in [-0.2, 0) is 9.59 Å². The fraction of sp³-hybridized carbons (Fsp3) is 0.471. The zero-order valence-corrected chi connectivity index (χ0v) is 15.0. The van der Waals surface area contributed by atoms with Crippen molar-refractivity contribution in [1.82, 2.24) is 15.2 Å². The Balaban J connectivity index is 2.21. The molecule has 0 spiro atoms. The van der Waals surface area contributed by atoms with Gasteiger partial charge in [-0.15, -0.1) is 11.3 Å². The van der Waals surface area contributed by atoms with Crippen LogP contribution >= 0.6 is 11.3 Å². The molecule has 1 aromatic heterocycles. The van der Waals surface area contributed by atoms with E-state index in [1.54, 1.807) is 23.3 Å². The fourth-order valence-corrected chi connectivity index (χ4v) is 3.44. The van der Waals surface area contributed by atoms with Crippen LogP contribution in [0.25, 0.3) is 10.2 Å². The second-order valence-corrected chi connectivity index (χ2v) is 7.13. The van der Waals surface area contributed by atoms with Crippen LogP contribution in [0.4, 0.5) is 0 Å². The van der Waals surface area contributed by atoms with Crippen molar-refractivity contribution in [1.29, 1.82) is 0 Å². The minimum Gasteiger partial charge on any atom is -0.344 e. The summed E-state index contributed by atoms with van der Waals surface area (Å²) in [6.07, 6.45) is 0. The van der Waals surface area contributed by atoms with Crippen molar-refractivity contribution < 1.29 is 9.59 Å². The van der Waals surface area contributed by atoms with Gasteiger partial charge in [-0.25, -0.2) is 4.98 Å². The van der Waals surface area contributed by atoms with Gasteiger partial charge in [0.15, 0.2) is 0 Å². The number of amides is 2. The van der Waals surface area contributed by atoms with Crippen LogP contribution in [0, 0.1) is 5.92 Å². The van der Waals surface area contributed by atoms with E-state index in [9.17, 15) is 9.59 Å². The Bertz CT molecular complexity index is 678. The van der Waals surface area contributed by atoms with Crippen molar-refractivity contribution >= 4 is 33.4 Å². The van der Waals surface area contributed by atoms with Crippen LogP contribution in [0.5, 0.6) is 0 Å². The zero-order chi connectivity index (χ0) is 17.1. The predicted octanol–water partition coefficient (Wildman–Crippen LogP) is 2.98. The third-order valence-corrected chi connectivity index (χ3v) is 5.09. The van der Waals surface area contributed by atoms with Gasteiger partial charge in [-0.05, 0) is 25.0 Å². The van der Waals surface area contributed by atoms with Crippen molar-refractivity contribution in [3.8, 4) is 0 Å². The summed E-state index contributed by atoms with van der Waals surface area (Å²) in [5.41, 5.74) is 0.947. The summed E-state index contributed by atoms with van der Waals surface area (Å²) in [6, 6.07) is 7.27. The summed E-state index contributed by atoms with van der Waals surface area (Å²) in [5.74, 6) is -0.267. The van der Waals surface area contributed by atoms with E-state index in [1.807, 2.05) is 45.0 Å². The van der Waals surface area contributed by atoms with Crippen LogP contribution in [0.1, 0.15) is 38.7 Å². The fourth-order valence-electron chi connectivity index (χ4n) is 2.38.